The van der Waals surface area contributed by atoms with Crippen LogP contribution in [0.5, 0.6) is 0 Å². The third-order valence-corrected chi connectivity index (χ3v) is 14.7. The van der Waals surface area contributed by atoms with E-state index in [4.69, 9.17) is 6.57 Å². The highest BCUT2D eigenvalue weighted by Crippen LogP contribution is 2.75. The van der Waals surface area contributed by atoms with Gasteiger partial charge in [-0.2, -0.15) is 0 Å². The minimum atomic E-state index is -0.652. The molecule has 0 spiro atoms. The van der Waals surface area contributed by atoms with Crippen LogP contribution in [0.25, 0.3) is 4.85 Å². The van der Waals surface area contributed by atoms with E-state index in [9.17, 15) is 19.5 Å². The zero-order chi connectivity index (χ0) is 32.1. The summed E-state index contributed by atoms with van der Waals surface area (Å²) in [5.41, 5.74) is -0.0957. The zero-order valence-corrected chi connectivity index (χ0v) is 28.2. The first kappa shape index (κ1) is 31.7. The van der Waals surface area contributed by atoms with Crippen molar-refractivity contribution in [1.29, 1.82) is 0 Å². The molecule has 1 saturated heterocycles. The van der Waals surface area contributed by atoms with Crippen molar-refractivity contribution in [2.45, 2.75) is 125 Å². The highest BCUT2D eigenvalue weighted by molar-refractivity contribution is 6.03. The molecule has 0 radical (unpaired) electrons. The van der Waals surface area contributed by atoms with E-state index in [1.807, 2.05) is 30.9 Å². The van der Waals surface area contributed by atoms with Gasteiger partial charge in [0.15, 0.2) is 11.6 Å². The summed E-state index contributed by atoms with van der Waals surface area (Å²) < 4.78 is 0. The van der Waals surface area contributed by atoms with Gasteiger partial charge >= 0.3 is 0 Å². The van der Waals surface area contributed by atoms with Crippen molar-refractivity contribution in [2.24, 2.45) is 50.2 Å². The second-order valence-corrected chi connectivity index (χ2v) is 17.7. The molecule has 0 aromatic heterocycles. The Morgan fingerprint density at radius 3 is 2.30 bits per heavy atom. The number of aliphatic hydroxyl groups excluding tert-OH is 1. The van der Waals surface area contributed by atoms with Crippen molar-refractivity contribution in [3.05, 3.63) is 34.8 Å². The van der Waals surface area contributed by atoms with Gasteiger partial charge in [-0.25, -0.2) is 4.85 Å². The van der Waals surface area contributed by atoms with Crippen LogP contribution in [0.15, 0.2) is 23.4 Å². The third kappa shape index (κ3) is 4.38. The van der Waals surface area contributed by atoms with Gasteiger partial charge in [-0.3, -0.25) is 9.59 Å². The van der Waals surface area contributed by atoms with E-state index in [-0.39, 0.29) is 68.7 Å². The Morgan fingerprint density at radius 1 is 0.977 bits per heavy atom. The number of likely N-dealkylation sites (tertiary alicyclic amines) is 1. The predicted octanol–water partition coefficient (Wildman–Crippen LogP) is 7.32. The lowest BCUT2D eigenvalue weighted by Crippen LogP contribution is -2.64. The Morgan fingerprint density at radius 2 is 1.64 bits per heavy atom. The van der Waals surface area contributed by atoms with Gasteiger partial charge in [0.05, 0.1) is 12.7 Å². The average Bonchev–Trinajstić information content (AvgIpc) is 2.95. The highest BCUT2D eigenvalue weighted by Gasteiger charge is 2.69. The highest BCUT2D eigenvalue weighted by atomic mass is 16.3. The summed E-state index contributed by atoms with van der Waals surface area (Å²) >= 11 is 0. The second kappa shape index (κ2) is 10.1. The smallest absolute Gasteiger partial charge is 0.226 e. The minimum absolute atomic E-state index is 0.0143. The molecule has 7 atom stereocenters. The fourth-order valence-electron chi connectivity index (χ4n) is 11.8. The van der Waals surface area contributed by atoms with Crippen LogP contribution >= 0.6 is 0 Å². The summed E-state index contributed by atoms with van der Waals surface area (Å²) in [7, 11) is 0. The van der Waals surface area contributed by atoms with Gasteiger partial charge in [-0.05, 0) is 104 Å². The van der Waals surface area contributed by atoms with E-state index in [2.05, 4.69) is 39.5 Å². The molecule has 240 valence electrons. The second-order valence-electron chi connectivity index (χ2n) is 17.7. The summed E-state index contributed by atoms with van der Waals surface area (Å²) in [6.45, 7) is 24.8. The van der Waals surface area contributed by atoms with Gasteiger partial charge in [0.25, 0.3) is 0 Å². The SMILES string of the molecule is [C-]#[N+]C1=C[C@]2(C)C3=CC(=O)[C@@H]4[C@@H]5CC(C)(C)CC[C@]5(CCC(=O)N5CCC(O)CC5)CC[C@@]4(C)[C@]3(C)CC[C@H]2C(C)(C)C1=O. The lowest BCUT2D eigenvalue weighted by molar-refractivity contribution is -0.173. The number of nitrogens with zero attached hydrogens (tertiary/aromatic N) is 2. The van der Waals surface area contributed by atoms with Gasteiger partial charge < -0.3 is 14.8 Å². The number of rotatable bonds is 3. The maximum atomic E-state index is 14.7. The number of Topliss-reactive ketones (excluding diaryl/α,β-unsaturated/α-hetero) is 1. The van der Waals surface area contributed by atoms with Gasteiger partial charge in [-0.1, -0.05) is 60.1 Å². The molecular weight excluding hydrogens is 548 g/mol. The van der Waals surface area contributed by atoms with Crippen LogP contribution in [0.1, 0.15) is 119 Å². The number of ketones is 2. The van der Waals surface area contributed by atoms with Gasteiger partial charge in [-0.15, -0.1) is 0 Å². The summed E-state index contributed by atoms with van der Waals surface area (Å²) in [6, 6.07) is 0. The Bertz CT molecular complexity index is 1370. The van der Waals surface area contributed by atoms with Crippen LogP contribution in [0.2, 0.25) is 0 Å². The summed E-state index contributed by atoms with van der Waals surface area (Å²) in [5, 5.41) is 9.94. The first-order valence-corrected chi connectivity index (χ1v) is 17.3. The molecule has 0 aromatic rings. The number of piperidine rings is 1. The number of aliphatic hydroxyl groups is 1. The van der Waals surface area contributed by atoms with Crippen LogP contribution in [0, 0.1) is 56.8 Å². The van der Waals surface area contributed by atoms with Crippen LogP contribution in [0.3, 0.4) is 0 Å². The van der Waals surface area contributed by atoms with Crippen LogP contribution in [-0.4, -0.2) is 46.7 Å². The fourth-order valence-corrected chi connectivity index (χ4v) is 11.8. The normalized spacial score (nSPS) is 43.0. The van der Waals surface area contributed by atoms with Gasteiger partial charge in [0.1, 0.15) is 0 Å². The first-order valence-electron chi connectivity index (χ1n) is 17.3. The Balaban J connectivity index is 1.38. The molecule has 1 amide bonds. The number of hydrogen-bond donors (Lipinski definition) is 1. The lowest BCUT2D eigenvalue weighted by Gasteiger charge is -2.69. The topological polar surface area (TPSA) is 79.0 Å². The molecule has 6 rings (SSSR count). The molecule has 4 fully saturated rings. The number of carbonyl (C=O) groups excluding carboxylic acids is 3. The number of carbonyl (C=O) groups is 3. The summed E-state index contributed by atoms with van der Waals surface area (Å²) in [6.07, 6.45) is 13.3. The first-order chi connectivity index (χ1) is 20.4. The van der Waals surface area contributed by atoms with Crippen molar-refractivity contribution >= 4 is 17.5 Å². The molecule has 1 aliphatic heterocycles. The molecule has 6 aliphatic rings. The molecule has 6 heteroatoms. The lowest BCUT2D eigenvalue weighted by atomic mass is 9.34. The van der Waals surface area contributed by atoms with E-state index in [1.165, 1.54) is 0 Å². The van der Waals surface area contributed by atoms with Crippen molar-refractivity contribution in [3.8, 4) is 0 Å². The molecule has 5 aliphatic carbocycles. The predicted molar refractivity (Wildman–Crippen MR) is 171 cm³/mol. The largest absolute Gasteiger partial charge is 0.393 e. The van der Waals surface area contributed by atoms with E-state index >= 15 is 0 Å². The van der Waals surface area contributed by atoms with E-state index in [0.717, 1.165) is 56.9 Å². The minimum Gasteiger partial charge on any atom is -0.393 e. The molecule has 0 unspecified atom stereocenters. The Hall–Kier alpha value is -2.26. The number of amides is 1. The van der Waals surface area contributed by atoms with Crippen molar-refractivity contribution < 1.29 is 19.5 Å². The molecule has 0 bridgehead atoms. The zero-order valence-electron chi connectivity index (χ0n) is 28.2. The summed E-state index contributed by atoms with van der Waals surface area (Å²) in [4.78, 5) is 47.1. The Kier molecular flexibility index (Phi) is 7.29. The van der Waals surface area contributed by atoms with Crippen molar-refractivity contribution in [3.63, 3.8) is 0 Å². The van der Waals surface area contributed by atoms with Gasteiger partial charge in [0.2, 0.25) is 11.6 Å². The van der Waals surface area contributed by atoms with E-state index in [1.54, 1.807) is 0 Å². The van der Waals surface area contributed by atoms with Crippen molar-refractivity contribution in [2.75, 3.05) is 13.1 Å². The van der Waals surface area contributed by atoms with Gasteiger partial charge in [0, 0.05) is 36.3 Å². The standard InChI is InChI=1S/C38H54N2O4/c1-33(2)15-17-38(14-10-30(43)40-19-11-24(41)12-20-40)18-16-37(7)31(25(38)22-33)27(42)21-29-35(5)23-26(39-8)32(44)34(3,4)28(35)9-13-36(29,37)6/h21,23-25,28,31,41H,9-20,22H2,1-7H3/t25-,28-,31-,35-,36+,37+,38+/m0/s1. The number of fused-ring (bicyclic) bond motifs is 7. The van der Waals surface area contributed by atoms with Crippen LogP contribution < -0.4 is 0 Å². The van der Waals surface area contributed by atoms with E-state index in [0.29, 0.717) is 32.4 Å². The monoisotopic (exact) mass is 602 g/mol. The molecule has 44 heavy (non-hydrogen) atoms. The molecule has 0 aromatic carbocycles. The molecular formula is C38H54N2O4. The average molecular weight is 603 g/mol. The van der Waals surface area contributed by atoms with E-state index < -0.39 is 10.8 Å². The molecule has 6 nitrogen and oxygen atoms in total. The Labute approximate surface area is 264 Å². The number of hydrogen-bond acceptors (Lipinski definition) is 4. The number of allylic oxidation sites excluding steroid dienone is 4. The summed E-state index contributed by atoms with van der Waals surface area (Å²) in [5.74, 6) is 0.568. The fraction of sp³-hybridized carbons (Fsp3) is 0.789. The molecule has 3 saturated carbocycles. The van der Waals surface area contributed by atoms with Crippen LogP contribution in [0.4, 0.5) is 0 Å². The third-order valence-electron chi connectivity index (χ3n) is 14.7. The molecule has 1 heterocycles. The maximum absolute atomic E-state index is 14.7. The quantitative estimate of drug-likeness (QED) is 0.343. The van der Waals surface area contributed by atoms with Crippen molar-refractivity contribution in [1.82, 2.24) is 4.90 Å². The maximum Gasteiger partial charge on any atom is 0.226 e. The molecule has 1 N–H and O–H groups in total. The van der Waals surface area contributed by atoms with Crippen LogP contribution in [-0.2, 0) is 14.4 Å².